The first-order valence-corrected chi connectivity index (χ1v) is 6.31. The number of hydrogen-bond acceptors (Lipinski definition) is 5. The van der Waals surface area contributed by atoms with Gasteiger partial charge in [0.15, 0.2) is 0 Å². The first-order chi connectivity index (χ1) is 9.11. The number of ether oxygens (including phenoxy) is 2. The lowest BCUT2D eigenvalue weighted by molar-refractivity contribution is -0.0481. The van der Waals surface area contributed by atoms with Gasteiger partial charge in [-0.25, -0.2) is 4.98 Å². The van der Waals surface area contributed by atoms with Crippen molar-refractivity contribution in [3.63, 3.8) is 0 Å². The Morgan fingerprint density at radius 3 is 2.58 bits per heavy atom. The van der Waals surface area contributed by atoms with Gasteiger partial charge in [-0.15, -0.1) is 6.42 Å². The molecule has 0 N–H and O–H groups in total. The van der Waals surface area contributed by atoms with Crippen LogP contribution in [-0.2, 0) is 16.0 Å². The summed E-state index contributed by atoms with van der Waals surface area (Å²) in [7, 11) is 1.97. The second kappa shape index (κ2) is 6.11. The zero-order chi connectivity index (χ0) is 13.8. The SMILES string of the molecule is C#CCN(C)Cc1nc(C)c(C2OCCO2)nc1C. The highest BCUT2D eigenvalue weighted by atomic mass is 16.7. The quantitative estimate of drug-likeness (QED) is 0.762. The Labute approximate surface area is 114 Å². The highest BCUT2D eigenvalue weighted by Crippen LogP contribution is 2.24. The van der Waals surface area contributed by atoms with Crippen molar-refractivity contribution >= 4 is 0 Å². The highest BCUT2D eigenvalue weighted by Gasteiger charge is 2.23. The van der Waals surface area contributed by atoms with Crippen LogP contribution in [0.25, 0.3) is 0 Å². The van der Waals surface area contributed by atoms with Gasteiger partial charge < -0.3 is 9.47 Å². The molecule has 1 aromatic heterocycles. The molecule has 102 valence electrons. The molecule has 5 heteroatoms. The maximum absolute atomic E-state index is 5.47. The summed E-state index contributed by atoms with van der Waals surface area (Å²) in [6.07, 6.45) is 4.93. The Balaban J connectivity index is 2.19. The molecule has 0 unspecified atom stereocenters. The summed E-state index contributed by atoms with van der Waals surface area (Å²) < 4.78 is 10.9. The van der Waals surface area contributed by atoms with E-state index in [-0.39, 0.29) is 6.29 Å². The van der Waals surface area contributed by atoms with E-state index in [1.54, 1.807) is 0 Å². The summed E-state index contributed by atoms with van der Waals surface area (Å²) in [5.74, 6) is 2.62. The Morgan fingerprint density at radius 1 is 1.26 bits per heavy atom. The average Bonchev–Trinajstić information content (AvgIpc) is 2.87. The molecule has 1 saturated heterocycles. The minimum atomic E-state index is -0.372. The van der Waals surface area contributed by atoms with Crippen molar-refractivity contribution in [2.24, 2.45) is 0 Å². The van der Waals surface area contributed by atoms with Crippen molar-refractivity contribution in [3.8, 4) is 12.3 Å². The predicted molar refractivity (Wildman–Crippen MR) is 71.3 cm³/mol. The summed E-state index contributed by atoms with van der Waals surface area (Å²) in [5, 5.41) is 0. The smallest absolute Gasteiger partial charge is 0.203 e. The molecule has 0 bridgehead atoms. The van der Waals surface area contributed by atoms with E-state index in [2.05, 4.69) is 15.9 Å². The molecular weight excluding hydrogens is 242 g/mol. The third-order valence-corrected chi connectivity index (χ3v) is 3.01. The zero-order valence-electron chi connectivity index (χ0n) is 11.6. The second-order valence-corrected chi connectivity index (χ2v) is 4.68. The van der Waals surface area contributed by atoms with Crippen LogP contribution < -0.4 is 0 Å². The summed E-state index contributed by atoms with van der Waals surface area (Å²) in [4.78, 5) is 11.2. The highest BCUT2D eigenvalue weighted by molar-refractivity contribution is 5.20. The number of terminal acetylenes is 1. The average molecular weight is 261 g/mol. The minimum Gasteiger partial charge on any atom is -0.345 e. The van der Waals surface area contributed by atoms with Crippen LogP contribution in [0, 0.1) is 26.2 Å². The molecule has 19 heavy (non-hydrogen) atoms. The van der Waals surface area contributed by atoms with Crippen LogP contribution in [0.4, 0.5) is 0 Å². The summed E-state index contributed by atoms with van der Waals surface area (Å²) in [6, 6.07) is 0. The van der Waals surface area contributed by atoms with E-state index < -0.39 is 0 Å². The molecular formula is C14H19N3O2. The van der Waals surface area contributed by atoms with E-state index in [0.717, 1.165) is 22.8 Å². The first kappa shape index (κ1) is 13.9. The monoisotopic (exact) mass is 261 g/mol. The predicted octanol–water partition coefficient (Wildman–Crippen LogP) is 1.20. The van der Waals surface area contributed by atoms with Crippen LogP contribution in [0.15, 0.2) is 0 Å². The number of rotatable bonds is 4. The van der Waals surface area contributed by atoms with E-state index in [4.69, 9.17) is 15.9 Å². The fraction of sp³-hybridized carbons (Fsp3) is 0.571. The van der Waals surface area contributed by atoms with Gasteiger partial charge in [-0.05, 0) is 20.9 Å². The number of aryl methyl sites for hydroxylation is 2. The second-order valence-electron chi connectivity index (χ2n) is 4.68. The largest absolute Gasteiger partial charge is 0.345 e. The third kappa shape index (κ3) is 3.29. The molecule has 1 aromatic rings. The molecule has 0 atom stereocenters. The number of hydrogen-bond donors (Lipinski definition) is 0. The molecule has 2 heterocycles. The zero-order valence-corrected chi connectivity index (χ0v) is 11.6. The van der Waals surface area contributed by atoms with Crippen molar-refractivity contribution in [3.05, 3.63) is 22.8 Å². The van der Waals surface area contributed by atoms with Gasteiger partial charge in [0.05, 0.1) is 36.8 Å². The summed E-state index contributed by atoms with van der Waals surface area (Å²) >= 11 is 0. The molecule has 1 aliphatic heterocycles. The Hall–Kier alpha value is -1.48. The van der Waals surface area contributed by atoms with Crippen molar-refractivity contribution in [1.29, 1.82) is 0 Å². The Kier molecular flexibility index (Phi) is 4.48. The molecule has 1 fully saturated rings. The Bertz CT molecular complexity index is 490. The fourth-order valence-corrected chi connectivity index (χ4v) is 2.02. The van der Waals surface area contributed by atoms with Gasteiger partial charge >= 0.3 is 0 Å². The lowest BCUT2D eigenvalue weighted by Gasteiger charge is -2.17. The Morgan fingerprint density at radius 2 is 1.95 bits per heavy atom. The van der Waals surface area contributed by atoms with Gasteiger partial charge in [0.25, 0.3) is 0 Å². The molecule has 0 saturated carbocycles. The molecule has 0 radical (unpaired) electrons. The number of nitrogens with zero attached hydrogens (tertiary/aromatic N) is 3. The van der Waals surface area contributed by atoms with Gasteiger partial charge in [0.1, 0.15) is 5.69 Å². The normalized spacial score (nSPS) is 15.9. The van der Waals surface area contributed by atoms with Crippen LogP contribution in [0.5, 0.6) is 0 Å². The van der Waals surface area contributed by atoms with Crippen molar-refractivity contribution in [2.75, 3.05) is 26.8 Å². The molecule has 0 aromatic carbocycles. The van der Waals surface area contributed by atoms with Crippen LogP contribution in [0.3, 0.4) is 0 Å². The van der Waals surface area contributed by atoms with E-state index in [1.807, 2.05) is 25.8 Å². The molecule has 5 nitrogen and oxygen atoms in total. The van der Waals surface area contributed by atoms with Crippen LogP contribution in [0.1, 0.15) is 29.1 Å². The first-order valence-electron chi connectivity index (χ1n) is 6.31. The number of aromatic nitrogens is 2. The van der Waals surface area contributed by atoms with Crippen LogP contribution >= 0.6 is 0 Å². The van der Waals surface area contributed by atoms with Gasteiger partial charge in [-0.2, -0.15) is 0 Å². The van der Waals surface area contributed by atoms with Gasteiger partial charge in [0, 0.05) is 6.54 Å². The van der Waals surface area contributed by atoms with Crippen molar-refractivity contribution < 1.29 is 9.47 Å². The van der Waals surface area contributed by atoms with E-state index in [0.29, 0.717) is 26.3 Å². The maximum Gasteiger partial charge on any atom is 0.203 e. The van der Waals surface area contributed by atoms with Crippen LogP contribution in [-0.4, -0.2) is 41.7 Å². The minimum absolute atomic E-state index is 0.372. The topological polar surface area (TPSA) is 47.5 Å². The molecule has 0 amide bonds. The van der Waals surface area contributed by atoms with E-state index in [1.165, 1.54) is 0 Å². The van der Waals surface area contributed by atoms with Crippen molar-refractivity contribution in [1.82, 2.24) is 14.9 Å². The fourth-order valence-electron chi connectivity index (χ4n) is 2.02. The maximum atomic E-state index is 5.47. The summed E-state index contributed by atoms with van der Waals surface area (Å²) in [6.45, 7) is 6.38. The lowest BCUT2D eigenvalue weighted by Crippen LogP contribution is -2.21. The van der Waals surface area contributed by atoms with Crippen LogP contribution in [0.2, 0.25) is 0 Å². The molecule has 2 rings (SSSR count). The molecule has 0 spiro atoms. The third-order valence-electron chi connectivity index (χ3n) is 3.01. The molecule has 0 aliphatic carbocycles. The van der Waals surface area contributed by atoms with E-state index >= 15 is 0 Å². The molecule has 1 aliphatic rings. The van der Waals surface area contributed by atoms with Gasteiger partial charge in [-0.3, -0.25) is 9.88 Å². The summed E-state index contributed by atoms with van der Waals surface area (Å²) in [5.41, 5.74) is 3.46. The van der Waals surface area contributed by atoms with E-state index in [9.17, 15) is 0 Å². The van der Waals surface area contributed by atoms with Crippen molar-refractivity contribution in [2.45, 2.75) is 26.7 Å². The lowest BCUT2D eigenvalue weighted by atomic mass is 10.2. The van der Waals surface area contributed by atoms with Gasteiger partial charge in [0.2, 0.25) is 6.29 Å². The standard InChI is InChI=1S/C14H19N3O2/c1-5-6-17(4)9-12-10(2)16-13(11(3)15-12)14-18-7-8-19-14/h1,14H,6-9H2,2-4H3. The van der Waals surface area contributed by atoms with Gasteiger partial charge in [-0.1, -0.05) is 5.92 Å².